The van der Waals surface area contributed by atoms with Crippen molar-refractivity contribution in [1.29, 1.82) is 0 Å². The first-order chi connectivity index (χ1) is 64.4. The van der Waals surface area contributed by atoms with Gasteiger partial charge in [-0.05, 0) is 193 Å². The van der Waals surface area contributed by atoms with Gasteiger partial charge in [0.2, 0.25) is 0 Å². The molecule has 0 unspecified atom stereocenters. The van der Waals surface area contributed by atoms with Gasteiger partial charge in [0.25, 0.3) is 0 Å². The lowest BCUT2D eigenvalue weighted by Crippen LogP contribution is -2.00. The van der Waals surface area contributed by atoms with Crippen molar-refractivity contribution in [2.75, 3.05) is 0 Å². The van der Waals surface area contributed by atoms with Crippen LogP contribution in [0.4, 0.5) is 0 Å². The van der Waals surface area contributed by atoms with E-state index in [2.05, 4.69) is 325 Å². The molecule has 10 nitrogen and oxygen atoms in total. The highest BCUT2D eigenvalue weighted by Gasteiger charge is 2.24. The summed E-state index contributed by atoms with van der Waals surface area (Å²) in [6, 6.07) is 159. The standard InChI is InChI=1S/C120H74N8O2/c1-5-26-79(27-6-1)115-121-116(80-28-7-2-8-29-80)124-119(123-115)91-40-22-34-83(65-91)75-52-56-77(57-53-75)101-71-93(73-105-99-46-15-19-50-111(99)129-113(101)105)87-38-24-42-95(67-87)127-107-48-17-13-44-97(107)103-69-89(60-62-109(103)127)85-36-21-37-86(64-85)90-61-63-110-104(70-90)98-45-14-18-49-108(98)128(110)96-43-25-39-88(68-96)94-72-102(114-106(74-94)100-47-16-20-51-112(100)130-114)78-58-54-76(55-59-78)84-35-23-41-92(66-84)120-125-117(81-30-9-3-10-31-81)122-118(126-120)82-32-11-4-12-33-82/h1-74H. The molecule has 0 N–H and O–H groups in total. The lowest BCUT2D eigenvalue weighted by atomic mass is 9.94. The minimum atomic E-state index is 0.611. The molecule has 25 aromatic rings. The van der Waals surface area contributed by atoms with Crippen molar-refractivity contribution >= 4 is 87.5 Å². The smallest absolute Gasteiger partial charge is 0.164 e. The number of hydrogen-bond acceptors (Lipinski definition) is 8. The Morgan fingerprint density at radius 2 is 0.400 bits per heavy atom. The van der Waals surface area contributed by atoms with E-state index >= 15 is 0 Å². The van der Waals surface area contributed by atoms with E-state index < -0.39 is 0 Å². The fourth-order valence-corrected chi connectivity index (χ4v) is 19.0. The second-order valence-corrected chi connectivity index (χ2v) is 33.2. The van der Waals surface area contributed by atoms with E-state index in [1.165, 1.54) is 21.5 Å². The van der Waals surface area contributed by atoms with Gasteiger partial charge in [-0.3, -0.25) is 0 Å². The highest BCUT2D eigenvalue weighted by Crippen LogP contribution is 2.47. The molecule has 0 spiro atoms. The fraction of sp³-hybridized carbons (Fsp3) is 0. The van der Waals surface area contributed by atoms with Gasteiger partial charge in [-0.2, -0.15) is 0 Å². The second kappa shape index (κ2) is 31.3. The lowest BCUT2D eigenvalue weighted by molar-refractivity contribution is 0.669. The molecule has 0 aliphatic heterocycles. The van der Waals surface area contributed by atoms with Crippen LogP contribution in [-0.2, 0) is 0 Å². The maximum absolute atomic E-state index is 6.83. The van der Waals surface area contributed by atoms with Gasteiger partial charge in [0.05, 0.1) is 22.1 Å². The largest absolute Gasteiger partial charge is 0.455 e. The van der Waals surface area contributed by atoms with Crippen molar-refractivity contribution < 1.29 is 8.83 Å². The van der Waals surface area contributed by atoms with E-state index in [1.54, 1.807) is 0 Å². The molecular weight excluding hydrogens is 1590 g/mol. The predicted molar refractivity (Wildman–Crippen MR) is 533 cm³/mol. The average Bonchev–Trinajstić information content (AvgIpc) is 1.59. The number of rotatable bonds is 16. The molecule has 10 heteroatoms. The van der Waals surface area contributed by atoms with Crippen LogP contribution in [0, 0.1) is 0 Å². The third-order valence-corrected chi connectivity index (χ3v) is 25.4. The van der Waals surface area contributed by atoms with Gasteiger partial charge in [0.15, 0.2) is 34.9 Å². The van der Waals surface area contributed by atoms with Crippen LogP contribution in [0.2, 0.25) is 0 Å². The van der Waals surface area contributed by atoms with Crippen LogP contribution in [0.1, 0.15) is 0 Å². The molecule has 0 aliphatic rings. The van der Waals surface area contributed by atoms with Gasteiger partial charge in [0.1, 0.15) is 22.3 Å². The summed E-state index contributed by atoms with van der Waals surface area (Å²) in [4.78, 5) is 30.1. The van der Waals surface area contributed by atoms with Crippen LogP contribution >= 0.6 is 0 Å². The molecular formula is C120H74N8O2. The molecule has 130 heavy (non-hydrogen) atoms. The molecule has 19 aromatic carbocycles. The number of furan rings is 2. The molecule has 0 atom stereocenters. The molecule has 0 amide bonds. The van der Waals surface area contributed by atoms with Gasteiger partial charge in [-0.15, -0.1) is 0 Å². The number of fused-ring (bicyclic) bond motifs is 12. The number of para-hydroxylation sites is 4. The minimum Gasteiger partial charge on any atom is -0.455 e. The third kappa shape index (κ3) is 13.4. The number of aromatic nitrogens is 8. The Labute approximate surface area is 748 Å². The Balaban J connectivity index is 0.514. The summed E-state index contributed by atoms with van der Waals surface area (Å²) in [6.45, 7) is 0. The number of nitrogens with zero attached hydrogens (tertiary/aromatic N) is 8. The zero-order valence-electron chi connectivity index (χ0n) is 70.1. The minimum absolute atomic E-state index is 0.611. The SMILES string of the molecule is c1ccc(-c2nc(-c3ccccc3)nc(-c3cccc(-c4ccc(-c5cc(-c6cccc(-n7c8ccccc8c8cc(-c9cccc(-c%10ccc%11c(c%10)c%10ccccc%10n%11-c%10cccc(-c%11cc(-c%12ccc(-c%13cccc(-c%14nc(-c%15ccccc%15)nc(-c%15ccccc%15)n%14)c%13)cc%12)c%12oc%13ccccc%13c%12c%11)c%10)c9)ccc87)c6)cc6c5oc5ccccc56)cc4)c3)n2)cc1. The predicted octanol–water partition coefficient (Wildman–Crippen LogP) is 31.4. The van der Waals surface area contributed by atoms with E-state index in [1.807, 2.05) is 133 Å². The molecule has 0 radical (unpaired) electrons. The molecule has 0 saturated heterocycles. The van der Waals surface area contributed by atoms with Crippen LogP contribution in [-0.4, -0.2) is 39.0 Å². The second-order valence-electron chi connectivity index (χ2n) is 33.2. The Morgan fingerprint density at radius 1 is 0.146 bits per heavy atom. The Kier molecular flexibility index (Phi) is 18.0. The topological polar surface area (TPSA) is 113 Å². The van der Waals surface area contributed by atoms with E-state index in [0.29, 0.717) is 34.9 Å². The van der Waals surface area contributed by atoms with Crippen molar-refractivity contribution in [3.8, 4) is 169 Å². The first-order valence-corrected chi connectivity index (χ1v) is 43.8. The van der Waals surface area contributed by atoms with Gasteiger partial charge in [0, 0.05) is 99.0 Å². The number of hydrogen-bond donors (Lipinski definition) is 0. The molecule has 0 saturated carbocycles. The third-order valence-electron chi connectivity index (χ3n) is 25.4. The zero-order chi connectivity index (χ0) is 85.7. The average molecular weight is 1660 g/mol. The monoisotopic (exact) mass is 1660 g/mol. The molecule has 25 rings (SSSR count). The van der Waals surface area contributed by atoms with Crippen LogP contribution in [0.5, 0.6) is 0 Å². The van der Waals surface area contributed by atoms with Crippen molar-refractivity contribution in [3.05, 3.63) is 449 Å². The van der Waals surface area contributed by atoms with Crippen molar-refractivity contribution in [2.24, 2.45) is 0 Å². The zero-order valence-corrected chi connectivity index (χ0v) is 70.1. The first kappa shape index (κ1) is 75.0. The van der Waals surface area contributed by atoms with Crippen molar-refractivity contribution in [2.45, 2.75) is 0 Å². The summed E-state index contributed by atoms with van der Waals surface area (Å²) in [7, 11) is 0. The highest BCUT2D eigenvalue weighted by atomic mass is 16.3. The molecule has 0 bridgehead atoms. The molecule has 0 fully saturated rings. The van der Waals surface area contributed by atoms with Crippen LogP contribution in [0.15, 0.2) is 458 Å². The summed E-state index contributed by atoms with van der Waals surface area (Å²) in [5.74, 6) is 3.73. The molecule has 6 aromatic heterocycles. The first-order valence-electron chi connectivity index (χ1n) is 43.8. The van der Waals surface area contributed by atoms with Gasteiger partial charge >= 0.3 is 0 Å². The van der Waals surface area contributed by atoms with Crippen molar-refractivity contribution in [3.63, 3.8) is 0 Å². The van der Waals surface area contributed by atoms with Crippen molar-refractivity contribution in [1.82, 2.24) is 39.0 Å². The molecule has 606 valence electrons. The van der Waals surface area contributed by atoms with E-state index in [4.69, 9.17) is 38.7 Å². The van der Waals surface area contributed by atoms with Crippen LogP contribution in [0.25, 0.3) is 256 Å². The normalized spacial score (nSPS) is 11.7. The van der Waals surface area contributed by atoms with Gasteiger partial charge in [-0.1, -0.05) is 334 Å². The van der Waals surface area contributed by atoms with Crippen LogP contribution in [0.3, 0.4) is 0 Å². The summed E-state index contributed by atoms with van der Waals surface area (Å²) in [5, 5.41) is 9.00. The Morgan fingerprint density at radius 3 is 0.777 bits per heavy atom. The summed E-state index contributed by atoms with van der Waals surface area (Å²) < 4.78 is 18.5. The quantitative estimate of drug-likeness (QED) is 0.0940. The van der Waals surface area contributed by atoms with Gasteiger partial charge < -0.3 is 18.0 Å². The summed E-state index contributed by atoms with van der Waals surface area (Å²) in [5.41, 5.74) is 32.9. The Hall–Kier alpha value is -17.6. The summed E-state index contributed by atoms with van der Waals surface area (Å²) >= 11 is 0. The van der Waals surface area contributed by atoms with E-state index in [-0.39, 0.29) is 0 Å². The number of benzene rings is 19. The van der Waals surface area contributed by atoms with Gasteiger partial charge in [-0.25, -0.2) is 29.9 Å². The lowest BCUT2D eigenvalue weighted by Gasteiger charge is -2.13. The van der Waals surface area contributed by atoms with E-state index in [9.17, 15) is 0 Å². The van der Waals surface area contributed by atoms with Crippen LogP contribution < -0.4 is 0 Å². The molecule has 0 aliphatic carbocycles. The summed E-state index contributed by atoms with van der Waals surface area (Å²) in [6.07, 6.45) is 0. The maximum atomic E-state index is 6.83. The maximum Gasteiger partial charge on any atom is 0.164 e. The van der Waals surface area contributed by atoms with E-state index in [0.717, 1.165) is 200 Å². The highest BCUT2D eigenvalue weighted by molar-refractivity contribution is 6.15. The Bertz CT molecular complexity index is 8160. The molecule has 6 heterocycles. The fourth-order valence-electron chi connectivity index (χ4n) is 19.0.